The normalized spacial score (nSPS) is 16.0. The quantitative estimate of drug-likeness (QED) is 0.556. The summed E-state index contributed by atoms with van der Waals surface area (Å²) < 4.78 is 35.2. The molecule has 8 heteroatoms. The lowest BCUT2D eigenvalue weighted by Gasteiger charge is -2.29. The summed E-state index contributed by atoms with van der Waals surface area (Å²) in [5, 5.41) is 14.1. The largest absolute Gasteiger partial charge is 0.386 e. The first-order valence-electron chi connectivity index (χ1n) is 11.6. The smallest absolute Gasteiger partial charge is 0.255 e. The maximum Gasteiger partial charge on any atom is 0.255 e. The molecule has 6 nitrogen and oxygen atoms in total. The summed E-state index contributed by atoms with van der Waals surface area (Å²) in [5.74, 6) is -2.34. The molecule has 184 valence electrons. The second kappa shape index (κ2) is 10.5. The SMILES string of the molecule is Cc1cccc(C)c1-n1cc(C(O)C(NC(=O)C2CCOCC2)c2ccc(F)cc2F)ccc1=O. The van der Waals surface area contributed by atoms with Gasteiger partial charge in [-0.05, 0) is 55.5 Å². The molecule has 1 fully saturated rings. The van der Waals surface area contributed by atoms with E-state index < -0.39 is 23.8 Å². The number of nitrogens with zero attached hydrogens (tertiary/aromatic N) is 1. The van der Waals surface area contributed by atoms with Crippen LogP contribution in [0.5, 0.6) is 0 Å². The molecule has 2 unspecified atom stereocenters. The molecule has 2 heterocycles. The second-order valence-electron chi connectivity index (χ2n) is 8.89. The van der Waals surface area contributed by atoms with Gasteiger partial charge in [0.25, 0.3) is 5.56 Å². The zero-order valence-corrected chi connectivity index (χ0v) is 19.6. The molecule has 0 aliphatic carbocycles. The molecule has 1 amide bonds. The Labute approximate surface area is 202 Å². The number of aliphatic hydroxyl groups excluding tert-OH is 1. The van der Waals surface area contributed by atoms with E-state index in [-0.39, 0.29) is 22.9 Å². The number of amides is 1. The summed E-state index contributed by atoms with van der Waals surface area (Å²) in [6.45, 7) is 4.64. The molecular formula is C27H28F2N2O4. The lowest BCUT2D eigenvalue weighted by Crippen LogP contribution is -2.39. The number of halogens is 2. The Bertz CT molecular complexity index is 1260. The van der Waals surface area contributed by atoms with Gasteiger partial charge in [-0.3, -0.25) is 14.2 Å². The zero-order valence-electron chi connectivity index (χ0n) is 19.6. The summed E-state index contributed by atoms with van der Waals surface area (Å²) in [6.07, 6.45) is 1.11. The molecule has 0 saturated carbocycles. The number of pyridine rings is 1. The Balaban J connectivity index is 1.74. The number of hydrogen-bond donors (Lipinski definition) is 2. The van der Waals surface area contributed by atoms with Crippen molar-refractivity contribution in [2.24, 2.45) is 5.92 Å². The zero-order chi connectivity index (χ0) is 25.1. The molecule has 1 saturated heterocycles. The summed E-state index contributed by atoms with van der Waals surface area (Å²) in [6, 6.07) is 10.2. The minimum atomic E-state index is -1.41. The number of nitrogens with one attached hydrogen (secondary N) is 1. The topological polar surface area (TPSA) is 80.6 Å². The molecule has 1 aliphatic rings. The Morgan fingerprint density at radius 3 is 2.43 bits per heavy atom. The minimum absolute atomic E-state index is 0.0517. The Morgan fingerprint density at radius 1 is 1.09 bits per heavy atom. The highest BCUT2D eigenvalue weighted by atomic mass is 19.1. The van der Waals surface area contributed by atoms with Crippen LogP contribution < -0.4 is 10.9 Å². The molecule has 2 aromatic carbocycles. The Morgan fingerprint density at radius 2 is 1.77 bits per heavy atom. The molecule has 0 radical (unpaired) electrons. The average molecular weight is 483 g/mol. The van der Waals surface area contributed by atoms with Crippen LogP contribution >= 0.6 is 0 Å². The van der Waals surface area contributed by atoms with Crippen LogP contribution in [-0.2, 0) is 9.53 Å². The number of para-hydroxylation sites is 1. The first kappa shape index (κ1) is 24.8. The van der Waals surface area contributed by atoms with Crippen LogP contribution in [0.25, 0.3) is 5.69 Å². The van der Waals surface area contributed by atoms with Gasteiger partial charge in [0.15, 0.2) is 0 Å². The van der Waals surface area contributed by atoms with E-state index >= 15 is 0 Å². The number of ether oxygens (including phenoxy) is 1. The monoisotopic (exact) mass is 482 g/mol. The highest BCUT2D eigenvalue weighted by Crippen LogP contribution is 2.32. The number of carbonyl (C=O) groups is 1. The van der Waals surface area contributed by atoms with Gasteiger partial charge in [-0.25, -0.2) is 8.78 Å². The number of hydrogen-bond acceptors (Lipinski definition) is 4. The predicted octanol–water partition coefficient (Wildman–Crippen LogP) is 4.05. The third-order valence-electron chi connectivity index (χ3n) is 6.46. The van der Waals surface area contributed by atoms with Crippen LogP contribution in [0.4, 0.5) is 8.78 Å². The van der Waals surface area contributed by atoms with Crippen molar-refractivity contribution < 1.29 is 23.4 Å². The van der Waals surface area contributed by atoms with Crippen LogP contribution in [-0.4, -0.2) is 28.8 Å². The number of carbonyl (C=O) groups excluding carboxylic acids is 1. The lowest BCUT2D eigenvalue weighted by atomic mass is 9.93. The fourth-order valence-corrected chi connectivity index (χ4v) is 4.54. The number of aromatic nitrogens is 1. The first-order valence-corrected chi connectivity index (χ1v) is 11.6. The van der Waals surface area contributed by atoms with Gasteiger partial charge in [0.05, 0.1) is 11.7 Å². The maximum absolute atomic E-state index is 14.8. The van der Waals surface area contributed by atoms with Gasteiger partial charge in [0, 0.05) is 43.0 Å². The van der Waals surface area contributed by atoms with E-state index in [1.165, 1.54) is 29.0 Å². The van der Waals surface area contributed by atoms with Crippen LogP contribution in [0, 0.1) is 31.4 Å². The van der Waals surface area contributed by atoms with Gasteiger partial charge >= 0.3 is 0 Å². The van der Waals surface area contributed by atoms with Crippen LogP contribution in [0.15, 0.2) is 59.5 Å². The van der Waals surface area contributed by atoms with E-state index in [1.54, 1.807) is 0 Å². The van der Waals surface area contributed by atoms with Crippen LogP contribution in [0.2, 0.25) is 0 Å². The third-order valence-corrected chi connectivity index (χ3v) is 6.46. The molecule has 2 atom stereocenters. The fourth-order valence-electron chi connectivity index (χ4n) is 4.54. The molecule has 3 aromatic rings. The predicted molar refractivity (Wildman–Crippen MR) is 127 cm³/mol. The van der Waals surface area contributed by atoms with Crippen molar-refractivity contribution in [2.75, 3.05) is 13.2 Å². The molecule has 35 heavy (non-hydrogen) atoms. The van der Waals surface area contributed by atoms with Gasteiger partial charge < -0.3 is 15.2 Å². The van der Waals surface area contributed by atoms with Crippen molar-refractivity contribution in [3.8, 4) is 5.69 Å². The van der Waals surface area contributed by atoms with Crippen molar-refractivity contribution in [1.82, 2.24) is 9.88 Å². The van der Waals surface area contributed by atoms with Crippen molar-refractivity contribution >= 4 is 5.91 Å². The van der Waals surface area contributed by atoms with Gasteiger partial charge in [-0.15, -0.1) is 0 Å². The summed E-state index contributed by atoms with van der Waals surface area (Å²) in [7, 11) is 0. The molecule has 2 N–H and O–H groups in total. The molecule has 0 bridgehead atoms. The van der Waals surface area contributed by atoms with Crippen LogP contribution in [0.1, 0.15) is 47.2 Å². The molecular weight excluding hydrogens is 454 g/mol. The third kappa shape index (κ3) is 5.33. The molecule has 1 aliphatic heterocycles. The number of aliphatic hydroxyl groups is 1. The number of benzene rings is 2. The second-order valence-corrected chi connectivity index (χ2v) is 8.89. The molecule has 1 aromatic heterocycles. The van der Waals surface area contributed by atoms with Crippen molar-refractivity contribution in [1.29, 1.82) is 0 Å². The van der Waals surface area contributed by atoms with Crippen molar-refractivity contribution in [2.45, 2.75) is 38.8 Å². The highest BCUT2D eigenvalue weighted by molar-refractivity contribution is 5.79. The Hall–Kier alpha value is -3.36. The first-order chi connectivity index (χ1) is 16.8. The molecule has 4 rings (SSSR count). The average Bonchev–Trinajstić information content (AvgIpc) is 2.84. The fraction of sp³-hybridized carbons (Fsp3) is 0.333. The highest BCUT2D eigenvalue weighted by Gasteiger charge is 2.31. The summed E-state index contributed by atoms with van der Waals surface area (Å²) in [5.41, 5.74) is 2.37. The minimum Gasteiger partial charge on any atom is -0.386 e. The van der Waals surface area contributed by atoms with Gasteiger partial charge in [0.2, 0.25) is 5.91 Å². The summed E-state index contributed by atoms with van der Waals surface area (Å²) >= 11 is 0. The maximum atomic E-state index is 14.8. The van der Waals surface area contributed by atoms with E-state index in [9.17, 15) is 23.5 Å². The van der Waals surface area contributed by atoms with E-state index in [0.717, 1.165) is 17.2 Å². The lowest BCUT2D eigenvalue weighted by molar-refractivity contribution is -0.129. The number of aryl methyl sites for hydroxylation is 2. The van der Waals surface area contributed by atoms with Crippen LogP contribution in [0.3, 0.4) is 0 Å². The van der Waals surface area contributed by atoms with Gasteiger partial charge in [-0.2, -0.15) is 0 Å². The number of rotatable bonds is 6. The summed E-state index contributed by atoms with van der Waals surface area (Å²) in [4.78, 5) is 25.7. The van der Waals surface area contributed by atoms with Gasteiger partial charge in [0.1, 0.15) is 17.7 Å². The van der Waals surface area contributed by atoms with E-state index in [0.29, 0.717) is 43.4 Å². The van der Waals surface area contributed by atoms with E-state index in [1.807, 2.05) is 32.0 Å². The van der Waals surface area contributed by atoms with E-state index in [2.05, 4.69) is 5.32 Å². The van der Waals surface area contributed by atoms with E-state index in [4.69, 9.17) is 4.74 Å². The van der Waals surface area contributed by atoms with Crippen molar-refractivity contribution in [3.05, 3.63) is 99.0 Å². The van der Waals surface area contributed by atoms with Crippen molar-refractivity contribution in [3.63, 3.8) is 0 Å². The standard InChI is InChI=1S/C27H28F2N2O4/c1-16-4-3-5-17(2)25(16)31-15-19(6-9-23(31)32)26(33)24(21-8-7-20(28)14-22(21)29)30-27(34)18-10-12-35-13-11-18/h3-9,14-15,18,24,26,33H,10-13H2,1-2H3,(H,30,34). The Kier molecular flexibility index (Phi) is 7.42. The van der Waals surface area contributed by atoms with Gasteiger partial charge in [-0.1, -0.05) is 24.3 Å². The molecule has 0 spiro atoms.